The van der Waals surface area contributed by atoms with Crippen molar-refractivity contribution >= 4 is 29.2 Å². The summed E-state index contributed by atoms with van der Waals surface area (Å²) in [6, 6.07) is 4.08. The zero-order valence-electron chi connectivity index (χ0n) is 8.76. The number of hydrogen-bond donors (Lipinski definition) is 1. The number of hydrogen-bond acceptors (Lipinski definition) is 1. The fraction of sp³-hybridized carbons (Fsp3) is 0.364. The summed E-state index contributed by atoms with van der Waals surface area (Å²) in [5, 5.41) is 9.14. The second-order valence-corrected chi connectivity index (χ2v) is 5.65. The molecule has 0 bridgehead atoms. The van der Waals surface area contributed by atoms with E-state index in [-0.39, 0.29) is 12.0 Å². The van der Waals surface area contributed by atoms with Crippen LogP contribution >= 0.6 is 23.2 Å². The quantitative estimate of drug-likeness (QED) is 0.847. The van der Waals surface area contributed by atoms with Crippen molar-refractivity contribution in [1.82, 2.24) is 0 Å². The molecule has 1 atom stereocenters. The Bertz CT molecular complexity index is 513. The van der Waals surface area contributed by atoms with E-state index < -0.39 is 27.5 Å². The molecule has 0 aliphatic heterocycles. The molecule has 1 fully saturated rings. The van der Waals surface area contributed by atoms with Crippen LogP contribution in [0.1, 0.15) is 17.5 Å². The van der Waals surface area contributed by atoms with Gasteiger partial charge in [0.25, 0.3) is 0 Å². The molecule has 1 aromatic rings. The number of alkyl halides is 5. The number of carboxylic acid groups (broad SMARTS) is 1. The summed E-state index contributed by atoms with van der Waals surface area (Å²) in [4.78, 5) is 11.2. The van der Waals surface area contributed by atoms with Gasteiger partial charge in [-0.2, -0.15) is 13.2 Å². The number of benzene rings is 1. The van der Waals surface area contributed by atoms with E-state index >= 15 is 0 Å². The van der Waals surface area contributed by atoms with Crippen molar-refractivity contribution in [2.45, 2.75) is 22.3 Å². The first-order chi connectivity index (χ1) is 8.11. The monoisotopic (exact) mass is 298 g/mol. The third kappa shape index (κ3) is 1.86. The van der Waals surface area contributed by atoms with Crippen molar-refractivity contribution in [2.75, 3.05) is 0 Å². The first-order valence-electron chi connectivity index (χ1n) is 4.90. The van der Waals surface area contributed by atoms with Crippen LogP contribution in [0.15, 0.2) is 24.3 Å². The molecule has 2 rings (SSSR count). The Morgan fingerprint density at radius 2 is 1.89 bits per heavy atom. The van der Waals surface area contributed by atoms with E-state index in [4.69, 9.17) is 28.3 Å². The van der Waals surface area contributed by atoms with Crippen LogP contribution in [-0.2, 0) is 16.4 Å². The summed E-state index contributed by atoms with van der Waals surface area (Å²) in [5.41, 5.74) is -2.61. The van der Waals surface area contributed by atoms with Gasteiger partial charge >= 0.3 is 12.1 Å². The van der Waals surface area contributed by atoms with Crippen molar-refractivity contribution in [3.8, 4) is 0 Å². The summed E-state index contributed by atoms with van der Waals surface area (Å²) >= 11 is 11.5. The van der Waals surface area contributed by atoms with Crippen molar-refractivity contribution in [2.24, 2.45) is 0 Å². The third-order valence-corrected chi connectivity index (χ3v) is 3.95. The highest BCUT2D eigenvalue weighted by Crippen LogP contribution is 2.65. The lowest BCUT2D eigenvalue weighted by molar-refractivity contribution is -0.141. The molecule has 98 valence electrons. The molecule has 0 spiro atoms. The highest BCUT2D eigenvalue weighted by Gasteiger charge is 2.72. The molecule has 0 radical (unpaired) electrons. The predicted molar refractivity (Wildman–Crippen MR) is 59.8 cm³/mol. The highest BCUT2D eigenvalue weighted by atomic mass is 35.5. The van der Waals surface area contributed by atoms with Crippen LogP contribution in [0.3, 0.4) is 0 Å². The average Bonchev–Trinajstić information content (AvgIpc) is 2.82. The molecule has 0 aromatic heterocycles. The van der Waals surface area contributed by atoms with Crippen molar-refractivity contribution in [3.63, 3.8) is 0 Å². The van der Waals surface area contributed by atoms with Crippen LogP contribution in [-0.4, -0.2) is 15.4 Å². The second kappa shape index (κ2) is 3.78. The molecule has 0 amide bonds. The Labute approximate surface area is 110 Å². The van der Waals surface area contributed by atoms with Gasteiger partial charge in [0.1, 0.15) is 9.75 Å². The van der Waals surface area contributed by atoms with Gasteiger partial charge in [0, 0.05) is 6.42 Å². The minimum atomic E-state index is -4.54. The highest BCUT2D eigenvalue weighted by molar-refractivity contribution is 6.54. The standard InChI is InChI=1S/C11H7Cl2F3O2/c12-10(13)5-9(10,8(17)18)6-2-1-3-7(4-6)11(14,15)16/h1-4H,5H2,(H,17,18). The smallest absolute Gasteiger partial charge is 0.416 e. The zero-order valence-corrected chi connectivity index (χ0v) is 10.3. The molecule has 0 heterocycles. The molecule has 2 nitrogen and oxygen atoms in total. The first kappa shape index (κ1) is 13.5. The lowest BCUT2D eigenvalue weighted by atomic mass is 9.94. The Kier molecular flexibility index (Phi) is 2.83. The molecular weight excluding hydrogens is 292 g/mol. The predicted octanol–water partition coefficient (Wildman–Crippen LogP) is 3.61. The summed E-state index contributed by atoms with van der Waals surface area (Å²) < 4.78 is 36.1. The van der Waals surface area contributed by atoms with Crippen LogP contribution in [0.5, 0.6) is 0 Å². The van der Waals surface area contributed by atoms with E-state index in [1.165, 1.54) is 6.07 Å². The molecule has 1 aromatic carbocycles. The van der Waals surface area contributed by atoms with E-state index in [0.29, 0.717) is 0 Å². The maximum absolute atomic E-state index is 12.6. The summed E-state index contributed by atoms with van der Waals surface area (Å²) in [5.74, 6) is -1.33. The van der Waals surface area contributed by atoms with Crippen molar-refractivity contribution in [1.29, 1.82) is 0 Å². The van der Waals surface area contributed by atoms with Crippen LogP contribution in [0.25, 0.3) is 0 Å². The molecular formula is C11H7Cl2F3O2. The number of carbonyl (C=O) groups is 1. The largest absolute Gasteiger partial charge is 0.480 e. The van der Waals surface area contributed by atoms with Crippen molar-refractivity contribution < 1.29 is 23.1 Å². The van der Waals surface area contributed by atoms with E-state index in [1.54, 1.807) is 0 Å². The van der Waals surface area contributed by atoms with Gasteiger partial charge in [-0.3, -0.25) is 4.79 Å². The Morgan fingerprint density at radius 3 is 2.28 bits per heavy atom. The average molecular weight is 299 g/mol. The Balaban J connectivity index is 2.50. The Morgan fingerprint density at radius 1 is 1.33 bits per heavy atom. The minimum absolute atomic E-state index is 0.0326. The number of carboxylic acids is 1. The fourth-order valence-electron chi connectivity index (χ4n) is 1.92. The second-order valence-electron chi connectivity index (χ2n) is 4.17. The van der Waals surface area contributed by atoms with Gasteiger partial charge in [-0.05, 0) is 11.6 Å². The van der Waals surface area contributed by atoms with Crippen LogP contribution in [0, 0.1) is 0 Å². The van der Waals surface area contributed by atoms with Gasteiger partial charge in [0.2, 0.25) is 0 Å². The number of halogens is 5. The Hall–Kier alpha value is -0.940. The van der Waals surface area contributed by atoms with Gasteiger partial charge in [0.15, 0.2) is 0 Å². The maximum Gasteiger partial charge on any atom is 0.416 e. The van der Waals surface area contributed by atoms with E-state index in [9.17, 15) is 18.0 Å². The minimum Gasteiger partial charge on any atom is -0.480 e. The lowest BCUT2D eigenvalue weighted by Crippen LogP contribution is -2.26. The third-order valence-electron chi connectivity index (χ3n) is 3.03. The maximum atomic E-state index is 12.6. The molecule has 7 heteroatoms. The van der Waals surface area contributed by atoms with E-state index in [1.807, 2.05) is 0 Å². The van der Waals surface area contributed by atoms with E-state index in [0.717, 1.165) is 18.2 Å². The van der Waals surface area contributed by atoms with Crippen LogP contribution in [0.2, 0.25) is 0 Å². The van der Waals surface area contributed by atoms with E-state index in [2.05, 4.69) is 0 Å². The SMILES string of the molecule is O=C(O)C1(c2cccc(C(F)(F)F)c2)CC1(Cl)Cl. The molecule has 1 unspecified atom stereocenters. The molecule has 1 saturated carbocycles. The normalized spacial score (nSPS) is 25.8. The van der Waals surface area contributed by atoms with Gasteiger partial charge in [-0.15, -0.1) is 0 Å². The van der Waals surface area contributed by atoms with Gasteiger partial charge in [-0.1, -0.05) is 41.4 Å². The zero-order chi connectivity index (χ0) is 13.8. The van der Waals surface area contributed by atoms with Gasteiger partial charge < -0.3 is 5.11 Å². The molecule has 0 saturated heterocycles. The topological polar surface area (TPSA) is 37.3 Å². The lowest BCUT2D eigenvalue weighted by Gasteiger charge is -2.15. The van der Waals surface area contributed by atoms with Gasteiger partial charge in [0.05, 0.1) is 5.56 Å². The summed E-state index contributed by atoms with van der Waals surface area (Å²) in [6.07, 6.45) is -4.65. The molecule has 1 aliphatic carbocycles. The molecule has 1 N–H and O–H groups in total. The molecule has 18 heavy (non-hydrogen) atoms. The fourth-order valence-corrected chi connectivity index (χ4v) is 2.70. The first-order valence-corrected chi connectivity index (χ1v) is 5.66. The number of aliphatic carboxylic acids is 1. The van der Waals surface area contributed by atoms with Crippen LogP contribution < -0.4 is 0 Å². The number of rotatable bonds is 2. The molecule has 1 aliphatic rings. The van der Waals surface area contributed by atoms with Crippen molar-refractivity contribution in [3.05, 3.63) is 35.4 Å². The summed E-state index contributed by atoms with van der Waals surface area (Å²) in [6.45, 7) is 0. The summed E-state index contributed by atoms with van der Waals surface area (Å²) in [7, 11) is 0. The van der Waals surface area contributed by atoms with Gasteiger partial charge in [-0.25, -0.2) is 0 Å². The van der Waals surface area contributed by atoms with Crippen LogP contribution in [0.4, 0.5) is 13.2 Å².